The van der Waals surface area contributed by atoms with Crippen molar-refractivity contribution in [1.29, 1.82) is 0 Å². The van der Waals surface area contributed by atoms with E-state index in [4.69, 9.17) is 5.73 Å². The Morgan fingerprint density at radius 2 is 2.55 bits per heavy atom. The first-order valence-corrected chi connectivity index (χ1v) is 4.74. The third-order valence-electron chi connectivity index (χ3n) is 1.44. The van der Waals surface area contributed by atoms with Crippen LogP contribution in [0, 0.1) is 0 Å². The number of allylic oxidation sites excluding steroid dienone is 2. The molecule has 1 rings (SSSR count). The minimum absolute atomic E-state index is 0.329. The number of carbonyl (C=O) groups excluding carboxylic acids is 1. The van der Waals surface area contributed by atoms with Crippen molar-refractivity contribution in [3.63, 3.8) is 0 Å². The molecule has 2 N–H and O–H groups in total. The summed E-state index contributed by atoms with van der Waals surface area (Å²) in [5.74, 6) is -0.329. The lowest BCUT2D eigenvalue weighted by Crippen LogP contribution is -2.27. The summed E-state index contributed by atoms with van der Waals surface area (Å²) < 4.78 is 0.874. The van der Waals surface area contributed by atoms with Crippen LogP contribution in [-0.4, -0.2) is 21.9 Å². The number of amides is 1. The van der Waals surface area contributed by atoms with Crippen molar-refractivity contribution in [3.8, 4) is 0 Å². The van der Waals surface area contributed by atoms with Gasteiger partial charge in [0.05, 0.1) is 4.55 Å². The van der Waals surface area contributed by atoms with Gasteiger partial charge >= 0.3 is 0 Å². The molecule has 0 fully saturated rings. The van der Waals surface area contributed by atoms with E-state index in [9.17, 15) is 4.79 Å². The molecule has 1 aliphatic heterocycles. The van der Waals surface area contributed by atoms with Gasteiger partial charge in [-0.2, -0.15) is 0 Å². The van der Waals surface area contributed by atoms with Crippen molar-refractivity contribution in [2.24, 2.45) is 5.73 Å². The van der Waals surface area contributed by atoms with Gasteiger partial charge in [-0.3, -0.25) is 4.79 Å². The highest BCUT2D eigenvalue weighted by Crippen LogP contribution is 2.07. The molecule has 1 aliphatic rings. The van der Waals surface area contributed by atoms with Gasteiger partial charge < -0.3 is 10.6 Å². The Morgan fingerprint density at radius 3 is 3.09 bits per heavy atom. The third-order valence-corrected chi connectivity index (χ3v) is 2.31. The normalized spacial score (nSPS) is 16.5. The van der Waals surface area contributed by atoms with E-state index in [1.807, 2.05) is 17.2 Å². The van der Waals surface area contributed by atoms with Gasteiger partial charge in [-0.05, 0) is 6.08 Å². The molecule has 0 aromatic heterocycles. The van der Waals surface area contributed by atoms with Crippen LogP contribution >= 0.6 is 22.6 Å². The summed E-state index contributed by atoms with van der Waals surface area (Å²) in [7, 11) is 0. The van der Waals surface area contributed by atoms with Gasteiger partial charge in [0, 0.05) is 18.3 Å². The van der Waals surface area contributed by atoms with Gasteiger partial charge in [0.2, 0.25) is 5.91 Å². The van der Waals surface area contributed by atoms with Crippen LogP contribution in [0.25, 0.3) is 0 Å². The first-order chi connectivity index (χ1) is 5.24. The largest absolute Gasteiger partial charge is 0.366 e. The summed E-state index contributed by atoms with van der Waals surface area (Å²) in [6, 6.07) is 0. The SMILES string of the molecule is NC(=O)C1=CC=CN(CI)C1. The highest BCUT2D eigenvalue weighted by atomic mass is 127. The van der Waals surface area contributed by atoms with Gasteiger partial charge in [0.15, 0.2) is 0 Å². The van der Waals surface area contributed by atoms with E-state index >= 15 is 0 Å². The van der Waals surface area contributed by atoms with Crippen molar-refractivity contribution < 1.29 is 4.79 Å². The molecule has 0 saturated carbocycles. The molecule has 60 valence electrons. The standard InChI is InChI=1S/C7H9IN2O/c8-5-10-3-1-2-6(4-10)7(9)11/h1-3H,4-5H2,(H2,9,11). The number of nitrogens with two attached hydrogens (primary N) is 1. The zero-order chi connectivity index (χ0) is 8.27. The molecule has 0 bridgehead atoms. The van der Waals surface area contributed by atoms with Crippen molar-refractivity contribution in [2.75, 3.05) is 11.1 Å². The summed E-state index contributed by atoms with van der Waals surface area (Å²) in [6.07, 6.45) is 5.53. The highest BCUT2D eigenvalue weighted by Gasteiger charge is 2.09. The van der Waals surface area contributed by atoms with E-state index in [2.05, 4.69) is 22.6 Å². The molecule has 1 heterocycles. The Balaban J connectivity index is 2.64. The zero-order valence-electron chi connectivity index (χ0n) is 5.96. The lowest BCUT2D eigenvalue weighted by Gasteiger charge is -2.20. The fourth-order valence-electron chi connectivity index (χ4n) is 0.847. The van der Waals surface area contributed by atoms with Crippen LogP contribution in [0.4, 0.5) is 0 Å². The fraction of sp³-hybridized carbons (Fsp3) is 0.286. The number of carbonyl (C=O) groups is 1. The summed E-state index contributed by atoms with van der Waals surface area (Å²) in [5.41, 5.74) is 5.78. The molecule has 0 unspecified atom stereocenters. The number of alkyl halides is 1. The van der Waals surface area contributed by atoms with Crippen LogP contribution < -0.4 is 5.73 Å². The maximum Gasteiger partial charge on any atom is 0.246 e. The topological polar surface area (TPSA) is 46.3 Å². The molecular formula is C7H9IN2O. The summed E-state index contributed by atoms with van der Waals surface area (Å²) in [5, 5.41) is 0. The van der Waals surface area contributed by atoms with E-state index in [1.165, 1.54) is 0 Å². The van der Waals surface area contributed by atoms with Crippen molar-refractivity contribution >= 4 is 28.5 Å². The van der Waals surface area contributed by atoms with E-state index < -0.39 is 0 Å². The molecule has 1 amide bonds. The van der Waals surface area contributed by atoms with Crippen LogP contribution in [0.3, 0.4) is 0 Å². The minimum Gasteiger partial charge on any atom is -0.366 e. The predicted octanol–water partition coefficient (Wildman–Crippen LogP) is 0.620. The van der Waals surface area contributed by atoms with E-state index in [1.54, 1.807) is 6.08 Å². The number of primary amides is 1. The van der Waals surface area contributed by atoms with Crippen LogP contribution in [0.1, 0.15) is 0 Å². The lowest BCUT2D eigenvalue weighted by atomic mass is 10.2. The van der Waals surface area contributed by atoms with Crippen LogP contribution in [0.5, 0.6) is 0 Å². The van der Waals surface area contributed by atoms with E-state index in [-0.39, 0.29) is 5.91 Å². The smallest absolute Gasteiger partial charge is 0.246 e. The van der Waals surface area contributed by atoms with Crippen molar-refractivity contribution in [3.05, 3.63) is 23.9 Å². The molecule has 11 heavy (non-hydrogen) atoms. The lowest BCUT2D eigenvalue weighted by molar-refractivity contribution is -0.114. The number of halogens is 1. The second-order valence-electron chi connectivity index (χ2n) is 2.26. The van der Waals surface area contributed by atoms with E-state index in [0.717, 1.165) is 4.55 Å². The number of nitrogens with zero attached hydrogens (tertiary/aromatic N) is 1. The van der Waals surface area contributed by atoms with Gasteiger partial charge in [0.1, 0.15) is 0 Å². The quantitative estimate of drug-likeness (QED) is 0.451. The van der Waals surface area contributed by atoms with Crippen LogP contribution in [0.2, 0.25) is 0 Å². The molecule has 0 saturated heterocycles. The monoisotopic (exact) mass is 264 g/mol. The zero-order valence-corrected chi connectivity index (χ0v) is 8.11. The average molecular weight is 264 g/mol. The Morgan fingerprint density at radius 1 is 1.82 bits per heavy atom. The summed E-state index contributed by atoms with van der Waals surface area (Å²) in [4.78, 5) is 12.7. The van der Waals surface area contributed by atoms with Crippen LogP contribution in [-0.2, 0) is 4.79 Å². The van der Waals surface area contributed by atoms with E-state index in [0.29, 0.717) is 12.1 Å². The Bertz CT molecular complexity index is 222. The molecule has 0 aromatic rings. The molecule has 4 heteroatoms. The Labute approximate surface area is 79.1 Å². The summed E-state index contributed by atoms with van der Waals surface area (Å²) >= 11 is 2.24. The van der Waals surface area contributed by atoms with Gasteiger partial charge in [-0.25, -0.2) is 0 Å². The van der Waals surface area contributed by atoms with Gasteiger partial charge in [-0.1, -0.05) is 28.7 Å². The first kappa shape index (κ1) is 8.58. The third kappa shape index (κ3) is 2.21. The minimum atomic E-state index is -0.329. The summed E-state index contributed by atoms with van der Waals surface area (Å²) in [6.45, 7) is 0.634. The number of hydrogen-bond donors (Lipinski definition) is 1. The fourth-order valence-corrected chi connectivity index (χ4v) is 1.32. The number of hydrogen-bond acceptors (Lipinski definition) is 2. The molecule has 0 atom stereocenters. The molecule has 0 radical (unpaired) electrons. The van der Waals surface area contributed by atoms with Crippen molar-refractivity contribution in [2.45, 2.75) is 0 Å². The Hall–Kier alpha value is -0.520. The number of rotatable bonds is 2. The van der Waals surface area contributed by atoms with Crippen LogP contribution in [0.15, 0.2) is 23.9 Å². The first-order valence-electron chi connectivity index (χ1n) is 3.21. The van der Waals surface area contributed by atoms with Crippen molar-refractivity contribution in [1.82, 2.24) is 4.90 Å². The highest BCUT2D eigenvalue weighted by molar-refractivity contribution is 14.1. The molecule has 0 aromatic carbocycles. The molecular weight excluding hydrogens is 255 g/mol. The van der Waals surface area contributed by atoms with Gasteiger partial charge in [-0.15, -0.1) is 0 Å². The maximum absolute atomic E-state index is 10.7. The maximum atomic E-state index is 10.7. The second kappa shape index (κ2) is 3.75. The Kier molecular flexibility index (Phi) is 2.92. The second-order valence-corrected chi connectivity index (χ2v) is 2.95. The average Bonchev–Trinajstić information content (AvgIpc) is 2.05. The molecule has 0 spiro atoms. The molecule has 0 aliphatic carbocycles. The molecule has 3 nitrogen and oxygen atoms in total. The van der Waals surface area contributed by atoms with Gasteiger partial charge in [0.25, 0.3) is 0 Å². The predicted molar refractivity (Wildman–Crippen MR) is 52.0 cm³/mol.